The number of benzene rings is 1. The van der Waals surface area contributed by atoms with Crippen molar-refractivity contribution < 1.29 is 0 Å². The molecule has 1 aliphatic heterocycles. The molecule has 112 valence electrons. The summed E-state index contributed by atoms with van der Waals surface area (Å²) >= 11 is 3.52. The molecule has 1 aliphatic rings. The molecule has 1 fully saturated rings. The van der Waals surface area contributed by atoms with Crippen LogP contribution in [0, 0.1) is 17.2 Å². The molecule has 22 heavy (non-hydrogen) atoms. The van der Waals surface area contributed by atoms with Crippen LogP contribution in [0.5, 0.6) is 0 Å². The molecule has 0 aliphatic carbocycles. The Balaban J connectivity index is 1.59. The summed E-state index contributed by atoms with van der Waals surface area (Å²) < 4.78 is 1.10. The molecule has 1 aromatic carbocycles. The number of hydrogen-bond acceptors (Lipinski definition) is 5. The lowest BCUT2D eigenvalue weighted by Crippen LogP contribution is -2.22. The van der Waals surface area contributed by atoms with Gasteiger partial charge in [-0.25, -0.2) is 9.97 Å². The summed E-state index contributed by atoms with van der Waals surface area (Å²) in [6.07, 6.45) is 4.27. The Morgan fingerprint density at radius 2 is 2.23 bits per heavy atom. The Morgan fingerprint density at radius 1 is 1.36 bits per heavy atom. The number of nitrogens with one attached hydrogen (secondary N) is 1. The highest BCUT2D eigenvalue weighted by Crippen LogP contribution is 2.26. The third kappa shape index (κ3) is 3.37. The van der Waals surface area contributed by atoms with E-state index in [0.717, 1.165) is 30.5 Å². The van der Waals surface area contributed by atoms with E-state index in [1.54, 1.807) is 6.20 Å². The summed E-state index contributed by atoms with van der Waals surface area (Å²) in [5.74, 6) is 1.11. The fraction of sp³-hybridized carbons (Fsp3) is 0.312. The number of aromatic nitrogens is 2. The first-order valence-electron chi connectivity index (χ1n) is 7.22. The molecule has 6 heteroatoms. The van der Waals surface area contributed by atoms with Gasteiger partial charge in [-0.1, -0.05) is 22.0 Å². The third-order valence-electron chi connectivity index (χ3n) is 3.82. The van der Waals surface area contributed by atoms with Gasteiger partial charge in [-0.3, -0.25) is 0 Å². The number of rotatable bonds is 4. The Kier molecular flexibility index (Phi) is 4.54. The minimum absolute atomic E-state index is 0.351. The van der Waals surface area contributed by atoms with Crippen molar-refractivity contribution in [1.29, 1.82) is 5.26 Å². The van der Waals surface area contributed by atoms with Gasteiger partial charge in [0, 0.05) is 42.2 Å². The minimum Gasteiger partial charge on any atom is -0.371 e. The van der Waals surface area contributed by atoms with Crippen LogP contribution in [-0.2, 0) is 0 Å². The number of nitriles is 1. The smallest absolute Gasteiger partial charge is 0.182 e. The second-order valence-corrected chi connectivity index (χ2v) is 6.24. The Bertz CT molecular complexity index is 697. The van der Waals surface area contributed by atoms with Gasteiger partial charge in [0.2, 0.25) is 0 Å². The van der Waals surface area contributed by atoms with Gasteiger partial charge < -0.3 is 10.2 Å². The lowest BCUT2D eigenvalue weighted by Gasteiger charge is -2.19. The van der Waals surface area contributed by atoms with Crippen molar-refractivity contribution >= 4 is 27.4 Å². The summed E-state index contributed by atoms with van der Waals surface area (Å²) in [4.78, 5) is 10.6. The van der Waals surface area contributed by atoms with E-state index in [1.165, 1.54) is 11.9 Å². The lowest BCUT2D eigenvalue weighted by molar-refractivity contribution is 0.621. The molecule has 1 unspecified atom stereocenters. The molecule has 1 saturated heterocycles. The maximum Gasteiger partial charge on any atom is 0.182 e. The molecule has 3 rings (SSSR count). The molecular weight excluding hydrogens is 342 g/mol. The standard InChI is InChI=1S/C16H16BrN5/c17-13-2-1-3-14(8-13)22-7-4-12(11-22)10-21-16-15(9-18)19-5-6-20-16/h1-3,5-6,8,12H,4,7,10-11H2,(H,20,21). The molecule has 1 atom stereocenters. The van der Waals surface area contributed by atoms with Gasteiger partial charge in [0.15, 0.2) is 11.5 Å². The fourth-order valence-corrected chi connectivity index (χ4v) is 3.08. The molecule has 0 amide bonds. The quantitative estimate of drug-likeness (QED) is 0.910. The molecule has 1 N–H and O–H groups in total. The van der Waals surface area contributed by atoms with Crippen LogP contribution in [0.25, 0.3) is 0 Å². The maximum atomic E-state index is 9.02. The molecular formula is C16H16BrN5. The fourth-order valence-electron chi connectivity index (χ4n) is 2.70. The topological polar surface area (TPSA) is 64.8 Å². The van der Waals surface area contributed by atoms with E-state index in [4.69, 9.17) is 5.26 Å². The Labute approximate surface area is 138 Å². The Morgan fingerprint density at radius 3 is 3.05 bits per heavy atom. The van der Waals surface area contributed by atoms with E-state index in [0.29, 0.717) is 17.4 Å². The first-order valence-corrected chi connectivity index (χ1v) is 8.01. The van der Waals surface area contributed by atoms with Crippen LogP contribution in [0.1, 0.15) is 12.1 Å². The van der Waals surface area contributed by atoms with Gasteiger partial charge in [-0.05, 0) is 30.5 Å². The van der Waals surface area contributed by atoms with Crippen LogP contribution in [-0.4, -0.2) is 29.6 Å². The zero-order chi connectivity index (χ0) is 15.4. The van der Waals surface area contributed by atoms with Crippen molar-refractivity contribution in [2.45, 2.75) is 6.42 Å². The lowest BCUT2D eigenvalue weighted by atomic mass is 10.1. The van der Waals surface area contributed by atoms with Crippen molar-refractivity contribution in [3.63, 3.8) is 0 Å². The zero-order valence-electron chi connectivity index (χ0n) is 12.0. The van der Waals surface area contributed by atoms with Crippen molar-refractivity contribution in [2.24, 2.45) is 5.92 Å². The van der Waals surface area contributed by atoms with Gasteiger partial charge in [0.05, 0.1) is 0 Å². The summed E-state index contributed by atoms with van der Waals surface area (Å²) in [5, 5.41) is 12.3. The van der Waals surface area contributed by atoms with Crippen LogP contribution >= 0.6 is 15.9 Å². The van der Waals surface area contributed by atoms with Crippen molar-refractivity contribution in [3.05, 3.63) is 46.8 Å². The van der Waals surface area contributed by atoms with E-state index in [9.17, 15) is 0 Å². The number of nitrogens with zero attached hydrogens (tertiary/aromatic N) is 4. The summed E-state index contributed by atoms with van der Waals surface area (Å²) in [6, 6.07) is 10.4. The maximum absolute atomic E-state index is 9.02. The average Bonchev–Trinajstić information content (AvgIpc) is 3.02. The first-order chi connectivity index (χ1) is 10.8. The van der Waals surface area contributed by atoms with E-state index in [1.807, 2.05) is 6.07 Å². The van der Waals surface area contributed by atoms with Crippen LogP contribution in [0.3, 0.4) is 0 Å². The first kappa shape index (κ1) is 14.8. The van der Waals surface area contributed by atoms with Gasteiger partial charge in [-0.2, -0.15) is 5.26 Å². The zero-order valence-corrected chi connectivity index (χ0v) is 13.6. The van der Waals surface area contributed by atoms with Gasteiger partial charge >= 0.3 is 0 Å². The highest BCUT2D eigenvalue weighted by Gasteiger charge is 2.23. The molecule has 0 radical (unpaired) electrons. The third-order valence-corrected chi connectivity index (χ3v) is 4.31. The molecule has 5 nitrogen and oxygen atoms in total. The van der Waals surface area contributed by atoms with Crippen molar-refractivity contribution in [1.82, 2.24) is 9.97 Å². The van der Waals surface area contributed by atoms with Crippen LogP contribution < -0.4 is 10.2 Å². The van der Waals surface area contributed by atoms with E-state index in [-0.39, 0.29) is 0 Å². The van der Waals surface area contributed by atoms with E-state index in [2.05, 4.69) is 60.4 Å². The number of hydrogen-bond donors (Lipinski definition) is 1. The summed E-state index contributed by atoms with van der Waals surface area (Å²) in [6.45, 7) is 2.86. The molecule has 2 heterocycles. The number of anilines is 2. The van der Waals surface area contributed by atoms with Crippen molar-refractivity contribution in [2.75, 3.05) is 29.9 Å². The molecule has 0 saturated carbocycles. The minimum atomic E-state index is 0.351. The number of halogens is 1. The van der Waals surface area contributed by atoms with Crippen LogP contribution in [0.4, 0.5) is 11.5 Å². The monoisotopic (exact) mass is 357 g/mol. The van der Waals surface area contributed by atoms with Crippen LogP contribution in [0.2, 0.25) is 0 Å². The largest absolute Gasteiger partial charge is 0.371 e. The van der Waals surface area contributed by atoms with Gasteiger partial charge in [0.25, 0.3) is 0 Å². The summed E-state index contributed by atoms with van der Waals surface area (Å²) in [7, 11) is 0. The molecule has 2 aromatic rings. The highest BCUT2D eigenvalue weighted by molar-refractivity contribution is 9.10. The second-order valence-electron chi connectivity index (χ2n) is 5.33. The normalized spacial score (nSPS) is 17.3. The Hall–Kier alpha value is -2.13. The van der Waals surface area contributed by atoms with Gasteiger partial charge in [0.1, 0.15) is 6.07 Å². The molecule has 1 aromatic heterocycles. The van der Waals surface area contributed by atoms with Gasteiger partial charge in [-0.15, -0.1) is 0 Å². The highest BCUT2D eigenvalue weighted by atomic mass is 79.9. The average molecular weight is 358 g/mol. The predicted molar refractivity (Wildman–Crippen MR) is 89.7 cm³/mol. The molecule has 0 spiro atoms. The summed E-state index contributed by atoms with van der Waals surface area (Å²) in [5.41, 5.74) is 1.60. The predicted octanol–water partition coefficient (Wildman–Crippen LogP) is 3.05. The van der Waals surface area contributed by atoms with E-state index >= 15 is 0 Å². The second kappa shape index (κ2) is 6.75. The molecule has 0 bridgehead atoms. The van der Waals surface area contributed by atoms with Crippen LogP contribution in [0.15, 0.2) is 41.1 Å². The van der Waals surface area contributed by atoms with E-state index < -0.39 is 0 Å². The van der Waals surface area contributed by atoms with Crippen molar-refractivity contribution in [3.8, 4) is 6.07 Å². The SMILES string of the molecule is N#Cc1nccnc1NCC1CCN(c2cccc(Br)c2)C1.